The summed E-state index contributed by atoms with van der Waals surface area (Å²) >= 11 is 1.71. The molecular weight excluding hydrogens is 260 g/mol. The predicted molar refractivity (Wildman–Crippen MR) is 77.4 cm³/mol. The van der Waals surface area contributed by atoms with Gasteiger partial charge in [0.2, 0.25) is 5.91 Å². The van der Waals surface area contributed by atoms with E-state index in [2.05, 4.69) is 23.7 Å². The Morgan fingerprint density at radius 1 is 1.63 bits per heavy atom. The molecule has 1 fully saturated rings. The van der Waals surface area contributed by atoms with Gasteiger partial charge < -0.3 is 15.0 Å². The Morgan fingerprint density at radius 2 is 2.47 bits per heavy atom. The topological polar surface area (TPSA) is 41.6 Å². The molecule has 1 saturated heterocycles. The van der Waals surface area contributed by atoms with Crippen LogP contribution in [0.1, 0.15) is 23.3 Å². The number of likely N-dealkylation sites (N-methyl/N-ethyl adjacent to an activating group) is 1. The lowest BCUT2D eigenvalue weighted by Crippen LogP contribution is -2.38. The minimum absolute atomic E-state index is 0.130. The highest BCUT2D eigenvalue weighted by Crippen LogP contribution is 2.17. The minimum Gasteiger partial charge on any atom is -0.377 e. The molecule has 1 N–H and O–H groups in total. The van der Waals surface area contributed by atoms with Crippen molar-refractivity contribution in [1.29, 1.82) is 0 Å². The van der Waals surface area contributed by atoms with Crippen molar-refractivity contribution in [2.75, 3.05) is 26.7 Å². The first-order chi connectivity index (χ1) is 9.16. The van der Waals surface area contributed by atoms with E-state index in [4.69, 9.17) is 4.74 Å². The van der Waals surface area contributed by atoms with Crippen LogP contribution in [0.3, 0.4) is 0 Å². The SMILES string of the molecule is Cc1ccsc1CN(C)C(=O)CNCC1CCCO1. The highest BCUT2D eigenvalue weighted by Gasteiger charge is 2.16. The van der Waals surface area contributed by atoms with Crippen LogP contribution in [0.2, 0.25) is 0 Å². The van der Waals surface area contributed by atoms with Gasteiger partial charge in [-0.25, -0.2) is 0 Å². The van der Waals surface area contributed by atoms with E-state index in [1.165, 1.54) is 10.4 Å². The standard InChI is InChI=1S/C14H22N2O2S/c1-11-5-7-19-13(11)10-16(2)14(17)9-15-8-12-4-3-6-18-12/h5,7,12,15H,3-4,6,8-10H2,1-2H3. The highest BCUT2D eigenvalue weighted by molar-refractivity contribution is 7.10. The molecule has 0 saturated carbocycles. The second kappa shape index (κ2) is 7.03. The normalized spacial score (nSPS) is 18.7. The molecule has 106 valence electrons. The van der Waals surface area contributed by atoms with Gasteiger partial charge in [-0.3, -0.25) is 4.79 Å². The van der Waals surface area contributed by atoms with Gasteiger partial charge in [0.25, 0.3) is 0 Å². The van der Waals surface area contributed by atoms with Gasteiger partial charge in [-0.1, -0.05) is 0 Å². The fraction of sp³-hybridized carbons (Fsp3) is 0.643. The summed E-state index contributed by atoms with van der Waals surface area (Å²) in [5, 5.41) is 5.26. The maximum absolute atomic E-state index is 12.0. The maximum Gasteiger partial charge on any atom is 0.236 e. The monoisotopic (exact) mass is 282 g/mol. The summed E-state index contributed by atoms with van der Waals surface area (Å²) in [6.45, 7) is 4.81. The summed E-state index contributed by atoms with van der Waals surface area (Å²) in [5.74, 6) is 0.130. The van der Waals surface area contributed by atoms with Gasteiger partial charge in [0.15, 0.2) is 0 Å². The van der Waals surface area contributed by atoms with E-state index in [-0.39, 0.29) is 12.0 Å². The number of thiophene rings is 1. The fourth-order valence-electron chi connectivity index (χ4n) is 2.15. The summed E-state index contributed by atoms with van der Waals surface area (Å²) in [6.07, 6.45) is 2.53. The number of nitrogens with one attached hydrogen (secondary N) is 1. The number of aryl methyl sites for hydroxylation is 1. The zero-order valence-electron chi connectivity index (χ0n) is 11.6. The summed E-state index contributed by atoms with van der Waals surface area (Å²) in [7, 11) is 1.86. The van der Waals surface area contributed by atoms with E-state index in [1.54, 1.807) is 16.2 Å². The Bertz CT molecular complexity index is 413. The molecule has 4 nitrogen and oxygen atoms in total. The van der Waals surface area contributed by atoms with Gasteiger partial charge in [-0.2, -0.15) is 0 Å². The first kappa shape index (κ1) is 14.5. The van der Waals surface area contributed by atoms with E-state index < -0.39 is 0 Å². The van der Waals surface area contributed by atoms with Crippen molar-refractivity contribution in [3.05, 3.63) is 21.9 Å². The van der Waals surface area contributed by atoms with Crippen molar-refractivity contribution in [3.63, 3.8) is 0 Å². The van der Waals surface area contributed by atoms with E-state index in [0.717, 1.165) is 26.0 Å². The molecule has 0 spiro atoms. The first-order valence-electron chi connectivity index (χ1n) is 6.76. The molecule has 1 aromatic rings. The second-order valence-electron chi connectivity index (χ2n) is 5.04. The van der Waals surface area contributed by atoms with E-state index in [1.807, 2.05) is 7.05 Å². The summed E-state index contributed by atoms with van der Waals surface area (Å²) in [5.41, 5.74) is 1.26. The van der Waals surface area contributed by atoms with Gasteiger partial charge >= 0.3 is 0 Å². The first-order valence-corrected chi connectivity index (χ1v) is 7.64. The van der Waals surface area contributed by atoms with Gasteiger partial charge in [-0.15, -0.1) is 11.3 Å². The largest absolute Gasteiger partial charge is 0.377 e. The molecule has 1 aromatic heterocycles. The van der Waals surface area contributed by atoms with Crippen LogP contribution in [-0.4, -0.2) is 43.7 Å². The van der Waals surface area contributed by atoms with Crippen molar-refractivity contribution < 1.29 is 9.53 Å². The van der Waals surface area contributed by atoms with Crippen molar-refractivity contribution in [2.45, 2.75) is 32.4 Å². The molecule has 19 heavy (non-hydrogen) atoms. The van der Waals surface area contributed by atoms with Crippen molar-refractivity contribution in [2.24, 2.45) is 0 Å². The second-order valence-corrected chi connectivity index (χ2v) is 6.04. The molecule has 5 heteroatoms. The Kier molecular flexibility index (Phi) is 5.36. The summed E-state index contributed by atoms with van der Waals surface area (Å²) < 4.78 is 5.51. The van der Waals surface area contributed by atoms with Crippen molar-refractivity contribution in [3.8, 4) is 0 Å². The van der Waals surface area contributed by atoms with E-state index in [0.29, 0.717) is 13.1 Å². The number of carbonyl (C=O) groups is 1. The lowest BCUT2D eigenvalue weighted by Gasteiger charge is -2.18. The average molecular weight is 282 g/mol. The van der Waals surface area contributed by atoms with Crippen LogP contribution in [0, 0.1) is 6.92 Å². The molecule has 1 atom stereocenters. The quantitative estimate of drug-likeness (QED) is 0.865. The molecule has 2 rings (SSSR count). The molecule has 1 aliphatic heterocycles. The van der Waals surface area contributed by atoms with Crippen LogP contribution >= 0.6 is 11.3 Å². The number of nitrogens with zero attached hydrogens (tertiary/aromatic N) is 1. The number of rotatable bonds is 6. The molecule has 0 aromatic carbocycles. The number of hydrogen-bond donors (Lipinski definition) is 1. The van der Waals surface area contributed by atoms with E-state index >= 15 is 0 Å². The lowest BCUT2D eigenvalue weighted by atomic mass is 10.2. The average Bonchev–Trinajstić information content (AvgIpc) is 3.02. The van der Waals surface area contributed by atoms with Crippen LogP contribution in [0.5, 0.6) is 0 Å². The molecule has 2 heterocycles. The summed E-state index contributed by atoms with van der Waals surface area (Å²) in [4.78, 5) is 15.0. The third-order valence-corrected chi connectivity index (χ3v) is 4.45. The Hall–Kier alpha value is -0.910. The molecule has 0 bridgehead atoms. The number of carbonyl (C=O) groups excluding carboxylic acids is 1. The molecule has 0 radical (unpaired) electrons. The third kappa shape index (κ3) is 4.30. The smallest absolute Gasteiger partial charge is 0.236 e. The molecule has 1 amide bonds. The maximum atomic E-state index is 12.0. The number of ether oxygens (including phenoxy) is 1. The molecule has 1 aliphatic rings. The zero-order valence-corrected chi connectivity index (χ0v) is 12.5. The fourth-order valence-corrected chi connectivity index (χ4v) is 3.11. The Balaban J connectivity index is 1.68. The predicted octanol–water partition coefficient (Wildman–Crippen LogP) is 1.78. The molecule has 1 unspecified atom stereocenters. The van der Waals surface area contributed by atoms with Crippen LogP contribution in [0.25, 0.3) is 0 Å². The summed E-state index contributed by atoms with van der Waals surface area (Å²) in [6, 6.07) is 2.09. The Morgan fingerprint density at radius 3 is 3.11 bits per heavy atom. The van der Waals surface area contributed by atoms with Crippen LogP contribution in [-0.2, 0) is 16.1 Å². The third-order valence-electron chi connectivity index (χ3n) is 3.45. The molecular formula is C14H22N2O2S. The Labute approximate surface area is 118 Å². The van der Waals surface area contributed by atoms with Crippen LogP contribution < -0.4 is 5.32 Å². The van der Waals surface area contributed by atoms with Gasteiger partial charge in [0.1, 0.15) is 0 Å². The lowest BCUT2D eigenvalue weighted by molar-refractivity contribution is -0.129. The van der Waals surface area contributed by atoms with Gasteiger partial charge in [0, 0.05) is 25.1 Å². The number of amides is 1. The van der Waals surface area contributed by atoms with Crippen molar-refractivity contribution in [1.82, 2.24) is 10.2 Å². The molecule has 0 aliphatic carbocycles. The highest BCUT2D eigenvalue weighted by atomic mass is 32.1. The van der Waals surface area contributed by atoms with Gasteiger partial charge in [-0.05, 0) is 36.8 Å². The zero-order chi connectivity index (χ0) is 13.7. The van der Waals surface area contributed by atoms with Crippen molar-refractivity contribution >= 4 is 17.2 Å². The van der Waals surface area contributed by atoms with Crippen LogP contribution in [0.4, 0.5) is 0 Å². The van der Waals surface area contributed by atoms with E-state index in [9.17, 15) is 4.79 Å². The number of hydrogen-bond acceptors (Lipinski definition) is 4. The van der Waals surface area contributed by atoms with Gasteiger partial charge in [0.05, 0.1) is 19.2 Å². The van der Waals surface area contributed by atoms with Crippen LogP contribution in [0.15, 0.2) is 11.4 Å². The minimum atomic E-state index is 0.130.